The van der Waals surface area contributed by atoms with E-state index in [1.54, 1.807) is 29.2 Å². The number of hydrogen-bond acceptors (Lipinski definition) is 5. The van der Waals surface area contributed by atoms with Crippen molar-refractivity contribution in [3.05, 3.63) is 45.1 Å². The summed E-state index contributed by atoms with van der Waals surface area (Å²) >= 11 is 0. The third kappa shape index (κ3) is 4.21. The van der Waals surface area contributed by atoms with Crippen LogP contribution in [0, 0.1) is 0 Å². The lowest BCUT2D eigenvalue weighted by Crippen LogP contribution is -2.63. The maximum Gasteiger partial charge on any atom is 0.328 e. The van der Waals surface area contributed by atoms with Crippen LogP contribution in [0.25, 0.3) is 10.9 Å². The number of para-hydroxylation sites is 1. The summed E-state index contributed by atoms with van der Waals surface area (Å²) < 4.78 is 1.15. The van der Waals surface area contributed by atoms with Gasteiger partial charge >= 0.3 is 5.69 Å². The van der Waals surface area contributed by atoms with Gasteiger partial charge in [-0.2, -0.15) is 0 Å². The second kappa shape index (κ2) is 9.28. The number of carbonyl (C=O) groups excluding carboxylic acids is 2. The maximum atomic E-state index is 12.8. The van der Waals surface area contributed by atoms with Crippen LogP contribution >= 0.6 is 0 Å². The summed E-state index contributed by atoms with van der Waals surface area (Å²) in [4.78, 5) is 56.7. The highest BCUT2D eigenvalue weighted by atomic mass is 16.2. The SMILES string of the molecule is NC(=O)C1(N2CCCCC2)CCN(C(=O)CCCn2c(=O)[nH]c3ccccc3c2=O)CC1. The summed E-state index contributed by atoms with van der Waals surface area (Å²) in [6.45, 7) is 2.93. The van der Waals surface area contributed by atoms with Crippen molar-refractivity contribution in [2.24, 2.45) is 5.73 Å². The van der Waals surface area contributed by atoms with Crippen LogP contribution in [0.5, 0.6) is 0 Å². The van der Waals surface area contributed by atoms with E-state index in [2.05, 4.69) is 9.88 Å². The molecule has 2 aromatic rings. The first-order valence-corrected chi connectivity index (χ1v) is 11.5. The van der Waals surface area contributed by atoms with Crippen molar-refractivity contribution < 1.29 is 9.59 Å². The molecule has 9 heteroatoms. The fraction of sp³-hybridized carbons (Fsp3) is 0.565. The molecule has 4 rings (SSSR count). The minimum absolute atomic E-state index is 0.0213. The second-order valence-corrected chi connectivity index (χ2v) is 8.86. The van der Waals surface area contributed by atoms with E-state index >= 15 is 0 Å². The van der Waals surface area contributed by atoms with E-state index < -0.39 is 11.2 Å². The number of benzene rings is 1. The summed E-state index contributed by atoms with van der Waals surface area (Å²) in [5, 5.41) is 0.454. The van der Waals surface area contributed by atoms with E-state index in [0.717, 1.165) is 30.5 Å². The number of aromatic amines is 1. The van der Waals surface area contributed by atoms with Crippen molar-refractivity contribution in [3.8, 4) is 0 Å². The number of nitrogens with one attached hydrogen (secondary N) is 1. The van der Waals surface area contributed by atoms with Crippen molar-refractivity contribution in [3.63, 3.8) is 0 Å². The number of carbonyl (C=O) groups is 2. The number of nitrogens with zero attached hydrogens (tertiary/aromatic N) is 3. The van der Waals surface area contributed by atoms with E-state index in [9.17, 15) is 19.2 Å². The van der Waals surface area contributed by atoms with Crippen molar-refractivity contribution >= 4 is 22.7 Å². The van der Waals surface area contributed by atoms with Gasteiger partial charge in [-0.25, -0.2) is 4.79 Å². The van der Waals surface area contributed by atoms with Crippen molar-refractivity contribution in [1.29, 1.82) is 0 Å². The van der Waals surface area contributed by atoms with Crippen LogP contribution < -0.4 is 17.0 Å². The average Bonchev–Trinajstić information content (AvgIpc) is 2.81. The van der Waals surface area contributed by atoms with E-state index in [0.29, 0.717) is 43.3 Å². The number of rotatable bonds is 6. The van der Waals surface area contributed by atoms with Crippen LogP contribution in [0.15, 0.2) is 33.9 Å². The molecule has 0 spiro atoms. The topological polar surface area (TPSA) is 122 Å². The molecular formula is C23H31N5O4. The van der Waals surface area contributed by atoms with Crippen LogP contribution in [-0.2, 0) is 16.1 Å². The van der Waals surface area contributed by atoms with Gasteiger partial charge in [-0.1, -0.05) is 18.6 Å². The number of fused-ring (bicyclic) bond motifs is 1. The van der Waals surface area contributed by atoms with Crippen molar-refractivity contribution in [2.45, 2.75) is 57.0 Å². The molecule has 0 unspecified atom stereocenters. The molecule has 2 amide bonds. The number of primary amides is 1. The van der Waals surface area contributed by atoms with Crippen LogP contribution in [0.4, 0.5) is 0 Å². The lowest BCUT2D eigenvalue weighted by atomic mass is 9.83. The maximum absolute atomic E-state index is 12.8. The Kier molecular flexibility index (Phi) is 6.45. The molecular weight excluding hydrogens is 410 g/mol. The molecule has 1 aromatic carbocycles. The summed E-state index contributed by atoms with van der Waals surface area (Å²) in [6.07, 6.45) is 5.07. The summed E-state index contributed by atoms with van der Waals surface area (Å²) in [7, 11) is 0. The lowest BCUT2D eigenvalue weighted by Gasteiger charge is -2.48. The van der Waals surface area contributed by atoms with Crippen LogP contribution in [-0.4, -0.2) is 62.9 Å². The Balaban J connectivity index is 1.35. The zero-order chi connectivity index (χ0) is 22.7. The lowest BCUT2D eigenvalue weighted by molar-refractivity contribution is -0.142. The van der Waals surface area contributed by atoms with Gasteiger partial charge in [0.15, 0.2) is 0 Å². The quantitative estimate of drug-likeness (QED) is 0.687. The summed E-state index contributed by atoms with van der Waals surface area (Å²) in [5.74, 6) is -0.312. The monoisotopic (exact) mass is 441 g/mol. The van der Waals surface area contributed by atoms with Gasteiger partial charge in [0.05, 0.1) is 10.9 Å². The van der Waals surface area contributed by atoms with Gasteiger partial charge in [0.1, 0.15) is 5.54 Å². The molecule has 0 bridgehead atoms. The molecule has 9 nitrogen and oxygen atoms in total. The van der Waals surface area contributed by atoms with Gasteiger partial charge in [0.25, 0.3) is 5.56 Å². The zero-order valence-electron chi connectivity index (χ0n) is 18.3. The summed E-state index contributed by atoms with van der Waals surface area (Å²) in [6, 6.07) is 6.88. The molecule has 0 radical (unpaired) electrons. The van der Waals surface area contributed by atoms with E-state index in [4.69, 9.17) is 5.73 Å². The highest BCUT2D eigenvalue weighted by molar-refractivity contribution is 5.85. The Morgan fingerprint density at radius 3 is 2.38 bits per heavy atom. The highest BCUT2D eigenvalue weighted by Crippen LogP contribution is 2.31. The number of H-pyrrole nitrogens is 1. The molecule has 1 aromatic heterocycles. The molecule has 0 atom stereocenters. The van der Waals surface area contributed by atoms with E-state index in [1.807, 2.05) is 0 Å². The number of amides is 2. The Labute approximate surface area is 186 Å². The normalized spacial score (nSPS) is 19.2. The smallest absolute Gasteiger partial charge is 0.328 e. The number of likely N-dealkylation sites (tertiary alicyclic amines) is 2. The molecule has 172 valence electrons. The first-order valence-electron chi connectivity index (χ1n) is 11.5. The van der Waals surface area contributed by atoms with Gasteiger partial charge in [0.2, 0.25) is 11.8 Å². The van der Waals surface area contributed by atoms with Gasteiger partial charge < -0.3 is 15.6 Å². The van der Waals surface area contributed by atoms with Gasteiger partial charge in [0, 0.05) is 26.1 Å². The predicted octanol–water partition coefficient (Wildman–Crippen LogP) is 0.802. The predicted molar refractivity (Wildman–Crippen MR) is 121 cm³/mol. The largest absolute Gasteiger partial charge is 0.368 e. The Hall–Kier alpha value is -2.94. The van der Waals surface area contributed by atoms with Gasteiger partial charge in [-0.15, -0.1) is 0 Å². The van der Waals surface area contributed by atoms with E-state index in [1.165, 1.54) is 6.42 Å². The average molecular weight is 442 g/mol. The molecule has 32 heavy (non-hydrogen) atoms. The fourth-order valence-corrected chi connectivity index (χ4v) is 5.11. The Morgan fingerprint density at radius 2 is 1.69 bits per heavy atom. The number of piperidine rings is 2. The van der Waals surface area contributed by atoms with Gasteiger partial charge in [-0.3, -0.25) is 23.9 Å². The molecule has 2 aliphatic heterocycles. The second-order valence-electron chi connectivity index (χ2n) is 8.86. The van der Waals surface area contributed by atoms with Crippen molar-refractivity contribution in [1.82, 2.24) is 19.4 Å². The first-order chi connectivity index (χ1) is 15.4. The molecule has 0 aliphatic carbocycles. The molecule has 0 saturated carbocycles. The fourth-order valence-electron chi connectivity index (χ4n) is 5.11. The number of nitrogens with two attached hydrogens (primary N) is 1. The number of aromatic nitrogens is 2. The summed E-state index contributed by atoms with van der Waals surface area (Å²) in [5.41, 5.74) is 4.87. The van der Waals surface area contributed by atoms with Crippen LogP contribution in [0.2, 0.25) is 0 Å². The zero-order valence-corrected chi connectivity index (χ0v) is 18.3. The van der Waals surface area contributed by atoms with Crippen LogP contribution in [0.3, 0.4) is 0 Å². The molecule has 2 fully saturated rings. The molecule has 3 N–H and O–H groups in total. The molecule has 2 aliphatic rings. The standard InChI is InChI=1S/C23H31N5O4/c24-21(31)23(27-12-4-1-5-13-27)10-15-26(16-11-23)19(29)9-6-14-28-20(30)17-7-2-3-8-18(17)25-22(28)32/h2-3,7-8H,1,4-6,9-16H2,(H2,24,31)(H,25,32). The molecule has 2 saturated heterocycles. The first kappa shape index (κ1) is 22.3. The Bertz CT molecular complexity index is 1110. The highest BCUT2D eigenvalue weighted by Gasteiger charge is 2.45. The minimum Gasteiger partial charge on any atom is -0.368 e. The van der Waals surface area contributed by atoms with Gasteiger partial charge in [-0.05, 0) is 57.3 Å². The minimum atomic E-state index is -0.650. The van der Waals surface area contributed by atoms with Crippen LogP contribution in [0.1, 0.15) is 44.9 Å². The third-order valence-corrected chi connectivity index (χ3v) is 7.03. The Morgan fingerprint density at radius 1 is 1.00 bits per heavy atom. The third-order valence-electron chi connectivity index (χ3n) is 7.03. The number of hydrogen-bond donors (Lipinski definition) is 2. The molecule has 3 heterocycles. The van der Waals surface area contributed by atoms with Crippen molar-refractivity contribution in [2.75, 3.05) is 26.2 Å². The van der Waals surface area contributed by atoms with E-state index in [-0.39, 0.29) is 30.3 Å².